The second kappa shape index (κ2) is 2.34. The minimum absolute atomic E-state index is 1.00. The van der Waals surface area contributed by atoms with Crippen LogP contribution in [0.3, 0.4) is 0 Å². The SMILES string of the molecule is Cc1[nH]c2cccnc2c1Br. The molecule has 2 aromatic rings. The van der Waals surface area contributed by atoms with E-state index < -0.39 is 0 Å². The number of H-pyrrole nitrogens is 1. The number of nitrogens with zero attached hydrogens (tertiary/aromatic N) is 1. The van der Waals surface area contributed by atoms with Crippen molar-refractivity contribution >= 4 is 27.0 Å². The molecule has 0 unspecified atom stereocenters. The van der Waals surface area contributed by atoms with Gasteiger partial charge in [0.2, 0.25) is 0 Å². The zero-order valence-corrected chi connectivity index (χ0v) is 7.64. The molecule has 0 saturated heterocycles. The molecular formula is C8H7BrN2. The van der Waals surface area contributed by atoms with E-state index in [4.69, 9.17) is 0 Å². The first-order valence-corrected chi connectivity index (χ1v) is 4.17. The monoisotopic (exact) mass is 210 g/mol. The molecule has 56 valence electrons. The third kappa shape index (κ3) is 0.959. The van der Waals surface area contributed by atoms with Crippen LogP contribution in [0.25, 0.3) is 11.0 Å². The number of nitrogens with one attached hydrogen (secondary N) is 1. The fourth-order valence-corrected chi connectivity index (χ4v) is 1.53. The lowest BCUT2D eigenvalue weighted by Crippen LogP contribution is -1.70. The van der Waals surface area contributed by atoms with Gasteiger partial charge in [0.15, 0.2) is 0 Å². The van der Waals surface area contributed by atoms with Crippen molar-refractivity contribution in [1.82, 2.24) is 9.97 Å². The molecule has 0 amide bonds. The first-order valence-electron chi connectivity index (χ1n) is 3.38. The van der Waals surface area contributed by atoms with E-state index in [1.807, 2.05) is 19.1 Å². The van der Waals surface area contributed by atoms with E-state index in [1.165, 1.54) is 0 Å². The molecule has 0 fully saturated rings. The summed E-state index contributed by atoms with van der Waals surface area (Å²) in [4.78, 5) is 7.44. The Bertz CT molecular complexity index is 392. The molecule has 0 aliphatic rings. The Morgan fingerprint density at radius 2 is 2.36 bits per heavy atom. The Kier molecular flexibility index (Phi) is 1.46. The van der Waals surface area contributed by atoms with Crippen LogP contribution in [-0.4, -0.2) is 9.97 Å². The third-order valence-electron chi connectivity index (χ3n) is 1.67. The average molecular weight is 211 g/mol. The molecule has 3 heteroatoms. The topological polar surface area (TPSA) is 28.7 Å². The molecule has 0 saturated carbocycles. The highest BCUT2D eigenvalue weighted by Gasteiger charge is 2.03. The van der Waals surface area contributed by atoms with Crippen molar-refractivity contribution in [3.05, 3.63) is 28.5 Å². The minimum atomic E-state index is 1.00. The minimum Gasteiger partial charge on any atom is -0.356 e. The summed E-state index contributed by atoms with van der Waals surface area (Å²) in [5, 5.41) is 0. The van der Waals surface area contributed by atoms with Crippen LogP contribution in [0.5, 0.6) is 0 Å². The van der Waals surface area contributed by atoms with Gasteiger partial charge in [-0.2, -0.15) is 0 Å². The van der Waals surface area contributed by atoms with Gasteiger partial charge in [-0.15, -0.1) is 0 Å². The molecule has 11 heavy (non-hydrogen) atoms. The van der Waals surface area contributed by atoms with E-state index in [0.717, 1.165) is 21.2 Å². The smallest absolute Gasteiger partial charge is 0.102 e. The molecule has 0 spiro atoms. The van der Waals surface area contributed by atoms with Crippen molar-refractivity contribution in [2.45, 2.75) is 6.92 Å². The van der Waals surface area contributed by atoms with Crippen molar-refractivity contribution in [1.29, 1.82) is 0 Å². The molecule has 0 aromatic carbocycles. The maximum Gasteiger partial charge on any atom is 0.102 e. The van der Waals surface area contributed by atoms with E-state index in [0.29, 0.717) is 0 Å². The Morgan fingerprint density at radius 3 is 3.09 bits per heavy atom. The normalized spacial score (nSPS) is 10.7. The number of aryl methyl sites for hydroxylation is 1. The summed E-state index contributed by atoms with van der Waals surface area (Å²) in [6, 6.07) is 3.94. The summed E-state index contributed by atoms with van der Waals surface area (Å²) in [7, 11) is 0. The fraction of sp³-hybridized carbons (Fsp3) is 0.125. The fourth-order valence-electron chi connectivity index (χ4n) is 1.12. The zero-order chi connectivity index (χ0) is 7.84. The molecule has 0 radical (unpaired) electrons. The molecular weight excluding hydrogens is 204 g/mol. The lowest BCUT2D eigenvalue weighted by Gasteiger charge is -1.85. The summed E-state index contributed by atoms with van der Waals surface area (Å²) in [6.07, 6.45) is 1.79. The van der Waals surface area contributed by atoms with Crippen molar-refractivity contribution in [3.63, 3.8) is 0 Å². The van der Waals surface area contributed by atoms with Gasteiger partial charge in [0.1, 0.15) is 5.52 Å². The quantitative estimate of drug-likeness (QED) is 0.712. The number of hydrogen-bond acceptors (Lipinski definition) is 1. The molecule has 2 rings (SSSR count). The van der Waals surface area contributed by atoms with Crippen molar-refractivity contribution in [2.75, 3.05) is 0 Å². The number of halogens is 1. The van der Waals surface area contributed by atoms with Crippen LogP contribution in [0, 0.1) is 6.92 Å². The summed E-state index contributed by atoms with van der Waals surface area (Å²) < 4.78 is 1.06. The van der Waals surface area contributed by atoms with Crippen molar-refractivity contribution < 1.29 is 0 Å². The molecule has 2 nitrogen and oxygen atoms in total. The molecule has 0 aliphatic heterocycles. The van der Waals surface area contributed by atoms with Gasteiger partial charge in [0.05, 0.1) is 9.99 Å². The second-order valence-electron chi connectivity index (χ2n) is 2.46. The van der Waals surface area contributed by atoms with Crippen LogP contribution in [0.15, 0.2) is 22.8 Å². The van der Waals surface area contributed by atoms with E-state index in [-0.39, 0.29) is 0 Å². The Morgan fingerprint density at radius 1 is 1.55 bits per heavy atom. The zero-order valence-electron chi connectivity index (χ0n) is 6.06. The molecule has 0 aliphatic carbocycles. The lowest BCUT2D eigenvalue weighted by molar-refractivity contribution is 1.28. The Labute approximate surface area is 72.8 Å². The molecule has 0 bridgehead atoms. The first-order chi connectivity index (χ1) is 5.29. The first kappa shape index (κ1) is 6.85. The number of hydrogen-bond donors (Lipinski definition) is 1. The van der Waals surface area contributed by atoms with Gasteiger partial charge in [-0.3, -0.25) is 4.98 Å². The van der Waals surface area contributed by atoms with Gasteiger partial charge in [0.25, 0.3) is 0 Å². The number of fused-ring (bicyclic) bond motifs is 1. The summed E-state index contributed by atoms with van der Waals surface area (Å²) >= 11 is 3.46. The summed E-state index contributed by atoms with van der Waals surface area (Å²) in [5.41, 5.74) is 3.21. The number of aromatic nitrogens is 2. The van der Waals surface area contributed by atoms with Crippen molar-refractivity contribution in [2.24, 2.45) is 0 Å². The lowest BCUT2D eigenvalue weighted by atomic mass is 10.4. The Balaban J connectivity index is 2.92. The van der Waals surface area contributed by atoms with Gasteiger partial charge in [-0.05, 0) is 35.0 Å². The highest BCUT2D eigenvalue weighted by atomic mass is 79.9. The Hall–Kier alpha value is -0.830. The number of rotatable bonds is 0. The maximum atomic E-state index is 4.22. The highest BCUT2D eigenvalue weighted by molar-refractivity contribution is 9.10. The predicted octanol–water partition coefficient (Wildman–Crippen LogP) is 2.63. The molecule has 0 atom stereocenters. The van der Waals surface area contributed by atoms with Gasteiger partial charge >= 0.3 is 0 Å². The van der Waals surface area contributed by atoms with E-state index in [1.54, 1.807) is 6.20 Å². The summed E-state index contributed by atoms with van der Waals surface area (Å²) in [6.45, 7) is 2.02. The largest absolute Gasteiger partial charge is 0.356 e. The van der Waals surface area contributed by atoms with Crippen LogP contribution in [0.1, 0.15) is 5.69 Å². The van der Waals surface area contributed by atoms with Crippen LogP contribution < -0.4 is 0 Å². The molecule has 1 N–H and O–H groups in total. The molecule has 2 heterocycles. The third-order valence-corrected chi connectivity index (χ3v) is 2.64. The summed E-state index contributed by atoms with van der Waals surface area (Å²) in [5.74, 6) is 0. The van der Waals surface area contributed by atoms with E-state index in [2.05, 4.69) is 25.9 Å². The second-order valence-corrected chi connectivity index (χ2v) is 3.26. The van der Waals surface area contributed by atoms with E-state index in [9.17, 15) is 0 Å². The molecule has 2 aromatic heterocycles. The van der Waals surface area contributed by atoms with Crippen LogP contribution in [-0.2, 0) is 0 Å². The predicted molar refractivity (Wildman–Crippen MR) is 48.5 cm³/mol. The van der Waals surface area contributed by atoms with Crippen LogP contribution >= 0.6 is 15.9 Å². The van der Waals surface area contributed by atoms with Crippen LogP contribution in [0.2, 0.25) is 0 Å². The number of aromatic amines is 1. The average Bonchev–Trinajstić information content (AvgIpc) is 2.30. The van der Waals surface area contributed by atoms with E-state index >= 15 is 0 Å². The van der Waals surface area contributed by atoms with Gasteiger partial charge in [0, 0.05) is 11.9 Å². The van der Waals surface area contributed by atoms with Gasteiger partial charge in [-0.1, -0.05) is 0 Å². The number of pyridine rings is 1. The van der Waals surface area contributed by atoms with Crippen molar-refractivity contribution in [3.8, 4) is 0 Å². The highest BCUT2D eigenvalue weighted by Crippen LogP contribution is 2.24. The van der Waals surface area contributed by atoms with Gasteiger partial charge in [-0.25, -0.2) is 0 Å². The van der Waals surface area contributed by atoms with Gasteiger partial charge < -0.3 is 4.98 Å². The standard InChI is InChI=1S/C8H7BrN2/c1-5-7(9)8-6(11-5)3-2-4-10-8/h2-4,11H,1H3. The maximum absolute atomic E-state index is 4.22. The van der Waals surface area contributed by atoms with Crippen LogP contribution in [0.4, 0.5) is 0 Å².